The van der Waals surface area contributed by atoms with Crippen LogP contribution < -0.4 is 0 Å². The van der Waals surface area contributed by atoms with Gasteiger partial charge in [-0.1, -0.05) is 24.3 Å². The molecule has 2 heteroatoms. The maximum Gasteiger partial charge on any atom is 0.283 e. The molecule has 0 aromatic carbocycles. The Labute approximate surface area is 66.0 Å². The zero-order valence-corrected chi connectivity index (χ0v) is 6.12. The third-order valence-corrected chi connectivity index (χ3v) is 1.22. The van der Waals surface area contributed by atoms with Gasteiger partial charge in [-0.25, -0.2) is 0 Å². The van der Waals surface area contributed by atoms with Crippen molar-refractivity contribution in [1.82, 2.24) is 0 Å². The fourth-order valence-electron chi connectivity index (χ4n) is 0.663. The molecule has 0 aliphatic heterocycles. The third-order valence-electron chi connectivity index (χ3n) is 1.22. The lowest BCUT2D eigenvalue weighted by Crippen LogP contribution is -1.85. The van der Waals surface area contributed by atoms with Crippen LogP contribution in [0.25, 0.3) is 11.1 Å². The van der Waals surface area contributed by atoms with Crippen LogP contribution in [0.5, 0.6) is 0 Å². The molecule has 0 aromatic heterocycles. The summed E-state index contributed by atoms with van der Waals surface area (Å²) in [5, 5.41) is 13.8. The molecule has 2 nitrogen and oxygen atoms in total. The van der Waals surface area contributed by atoms with E-state index in [0.29, 0.717) is 0 Å². The topological polar surface area (TPSA) is 44.0 Å². The second-order valence-corrected chi connectivity index (χ2v) is 1.68. The molecule has 0 bridgehead atoms. The SMILES string of the molecule is C=C.N#CO.c1cc2ccc1-2. The Balaban J connectivity index is 0.000000176. The smallest absolute Gasteiger partial charge is 0.283 e. The van der Waals surface area contributed by atoms with Crippen LogP contribution in [0, 0.1) is 11.5 Å². The van der Waals surface area contributed by atoms with E-state index < -0.39 is 0 Å². The van der Waals surface area contributed by atoms with Crippen LogP contribution >= 0.6 is 0 Å². The number of hydrogen-bond donors (Lipinski definition) is 1. The number of aliphatic hydroxyl groups excluding tert-OH is 1. The zero-order chi connectivity index (χ0) is 8.69. The number of rotatable bonds is 0. The summed E-state index contributed by atoms with van der Waals surface area (Å²) in [5.41, 5.74) is 2.85. The van der Waals surface area contributed by atoms with E-state index in [1.807, 2.05) is 0 Å². The van der Waals surface area contributed by atoms with E-state index in [0.717, 1.165) is 6.26 Å². The van der Waals surface area contributed by atoms with Crippen LogP contribution in [-0.4, -0.2) is 5.11 Å². The monoisotopic (exact) mass is 147 g/mol. The molecule has 0 fully saturated rings. The Hall–Kier alpha value is -1.75. The summed E-state index contributed by atoms with van der Waals surface area (Å²) in [5.74, 6) is 0. The third kappa shape index (κ3) is 2.15. The van der Waals surface area contributed by atoms with Crippen molar-refractivity contribution < 1.29 is 5.11 Å². The molecule has 0 atom stereocenters. The number of nitriles is 1. The van der Waals surface area contributed by atoms with Crippen LogP contribution in [0.2, 0.25) is 0 Å². The zero-order valence-electron chi connectivity index (χ0n) is 6.12. The van der Waals surface area contributed by atoms with Gasteiger partial charge in [-0.15, -0.1) is 13.2 Å². The van der Waals surface area contributed by atoms with E-state index in [9.17, 15) is 0 Å². The van der Waals surface area contributed by atoms with Crippen LogP contribution in [0.3, 0.4) is 0 Å². The van der Waals surface area contributed by atoms with Crippen molar-refractivity contribution >= 4 is 0 Å². The summed E-state index contributed by atoms with van der Waals surface area (Å²) in [6.07, 6.45) is 0.750. The average Bonchev–Trinajstić information content (AvgIpc) is 2.02. The predicted molar refractivity (Wildman–Crippen MR) is 44.2 cm³/mol. The second-order valence-electron chi connectivity index (χ2n) is 1.68. The highest BCUT2D eigenvalue weighted by Crippen LogP contribution is 2.29. The fourth-order valence-corrected chi connectivity index (χ4v) is 0.663. The molecular weight excluding hydrogens is 138 g/mol. The predicted octanol–water partition coefficient (Wildman–Crippen LogP) is 2.31. The van der Waals surface area contributed by atoms with Crippen LogP contribution in [0.4, 0.5) is 0 Å². The van der Waals surface area contributed by atoms with Crippen molar-refractivity contribution in [2.24, 2.45) is 0 Å². The average molecular weight is 147 g/mol. The number of hydrogen-bond acceptors (Lipinski definition) is 2. The van der Waals surface area contributed by atoms with E-state index in [-0.39, 0.29) is 0 Å². The Morgan fingerprint density at radius 2 is 1.27 bits per heavy atom. The van der Waals surface area contributed by atoms with Crippen molar-refractivity contribution in [3.8, 4) is 17.4 Å². The Bertz CT molecular complexity index is 224. The molecule has 2 aliphatic rings. The van der Waals surface area contributed by atoms with Gasteiger partial charge in [-0.3, -0.25) is 0 Å². The molecule has 1 N–H and O–H groups in total. The first-order valence-corrected chi connectivity index (χ1v) is 3.02. The lowest BCUT2D eigenvalue weighted by Gasteiger charge is -2.10. The number of aliphatic hydroxyl groups is 1. The van der Waals surface area contributed by atoms with Gasteiger partial charge in [0.1, 0.15) is 0 Å². The molecule has 0 saturated carbocycles. The summed E-state index contributed by atoms with van der Waals surface area (Å²) in [4.78, 5) is 0. The summed E-state index contributed by atoms with van der Waals surface area (Å²) < 4.78 is 0. The first-order valence-electron chi connectivity index (χ1n) is 3.02. The van der Waals surface area contributed by atoms with E-state index in [1.165, 1.54) is 11.1 Å². The molecule has 11 heavy (non-hydrogen) atoms. The Morgan fingerprint density at radius 3 is 1.27 bits per heavy atom. The lowest BCUT2D eigenvalue weighted by atomic mass is 9.95. The molecule has 2 rings (SSSR count). The van der Waals surface area contributed by atoms with Crippen molar-refractivity contribution in [1.29, 1.82) is 5.26 Å². The minimum atomic E-state index is 0.750. The summed E-state index contributed by atoms with van der Waals surface area (Å²) in [6, 6.07) is 8.48. The van der Waals surface area contributed by atoms with Gasteiger partial charge in [0.05, 0.1) is 0 Å². The van der Waals surface area contributed by atoms with Gasteiger partial charge in [0.25, 0.3) is 6.26 Å². The van der Waals surface area contributed by atoms with Gasteiger partial charge in [0, 0.05) is 0 Å². The van der Waals surface area contributed by atoms with Crippen molar-refractivity contribution in [2.45, 2.75) is 0 Å². The maximum absolute atomic E-state index is 6.88. The summed E-state index contributed by atoms with van der Waals surface area (Å²) in [7, 11) is 0. The highest BCUT2D eigenvalue weighted by Gasteiger charge is 2.03. The number of fused-ring (bicyclic) bond motifs is 1. The van der Waals surface area contributed by atoms with Gasteiger partial charge in [0.15, 0.2) is 0 Å². The largest absolute Gasteiger partial charge is 0.443 e. The highest BCUT2D eigenvalue weighted by atomic mass is 16.2. The van der Waals surface area contributed by atoms with Gasteiger partial charge >= 0.3 is 0 Å². The molecule has 0 radical (unpaired) electrons. The first kappa shape index (κ1) is 9.25. The molecule has 56 valence electrons. The summed E-state index contributed by atoms with van der Waals surface area (Å²) in [6.45, 7) is 6.00. The summed E-state index contributed by atoms with van der Waals surface area (Å²) >= 11 is 0. The number of benzene rings is 1. The minimum Gasteiger partial charge on any atom is -0.443 e. The highest BCUT2D eigenvalue weighted by molar-refractivity contribution is 5.75. The standard InChI is InChI=1S/C6H4.C2H4.CHNO/c1-2-6-4-3-5(1)6;1-2;2-1-3/h1-4H;1-2H2;3H. The quantitative estimate of drug-likeness (QED) is 0.459. The molecular formula is C9H9NO. The molecule has 0 heterocycles. The number of nitrogens with zero attached hydrogens (tertiary/aromatic N) is 1. The molecule has 0 aromatic rings. The van der Waals surface area contributed by atoms with Crippen LogP contribution in [-0.2, 0) is 0 Å². The van der Waals surface area contributed by atoms with E-state index in [1.54, 1.807) is 0 Å². The fraction of sp³-hybridized carbons (Fsp3) is 0. The minimum absolute atomic E-state index is 0.750. The van der Waals surface area contributed by atoms with E-state index >= 15 is 0 Å². The van der Waals surface area contributed by atoms with Crippen LogP contribution in [0.15, 0.2) is 37.4 Å². The Morgan fingerprint density at radius 1 is 1.09 bits per heavy atom. The molecule has 0 saturated heterocycles. The van der Waals surface area contributed by atoms with E-state index in [4.69, 9.17) is 10.4 Å². The van der Waals surface area contributed by atoms with E-state index in [2.05, 4.69) is 37.4 Å². The first-order chi connectivity index (χ1) is 5.38. The van der Waals surface area contributed by atoms with Crippen molar-refractivity contribution in [3.63, 3.8) is 0 Å². The molecule has 0 amide bonds. The normalized spacial score (nSPS) is 7.18. The van der Waals surface area contributed by atoms with Crippen molar-refractivity contribution in [3.05, 3.63) is 37.4 Å². The van der Waals surface area contributed by atoms with Crippen LogP contribution in [0.1, 0.15) is 0 Å². The molecule has 0 unspecified atom stereocenters. The molecule has 2 aliphatic carbocycles. The van der Waals surface area contributed by atoms with Gasteiger partial charge in [0.2, 0.25) is 0 Å². The maximum atomic E-state index is 6.88. The van der Waals surface area contributed by atoms with Crippen molar-refractivity contribution in [2.75, 3.05) is 0 Å². The van der Waals surface area contributed by atoms with Gasteiger partial charge in [-0.2, -0.15) is 5.26 Å². The lowest BCUT2D eigenvalue weighted by molar-refractivity contribution is 0.503. The van der Waals surface area contributed by atoms with Gasteiger partial charge < -0.3 is 5.11 Å². The second kappa shape index (κ2) is 5.07. The van der Waals surface area contributed by atoms with Gasteiger partial charge in [-0.05, 0) is 11.1 Å². The Kier molecular flexibility index (Phi) is 4.26. The molecule has 0 spiro atoms.